The van der Waals surface area contributed by atoms with Gasteiger partial charge in [0.2, 0.25) is 5.91 Å². The number of rotatable bonds is 3. The predicted molar refractivity (Wildman–Crippen MR) is 90.5 cm³/mol. The number of fused-ring (bicyclic) bond motifs is 1. The molecule has 2 amide bonds. The second-order valence-corrected chi connectivity index (χ2v) is 7.49. The minimum atomic E-state index is -0.128. The van der Waals surface area contributed by atoms with E-state index in [1.807, 2.05) is 24.0 Å². The molecule has 1 saturated carbocycles. The highest BCUT2D eigenvalue weighted by atomic mass is 32.1. The molecule has 0 saturated heterocycles. The van der Waals surface area contributed by atoms with E-state index in [0.29, 0.717) is 5.01 Å². The molecule has 1 N–H and O–H groups in total. The second kappa shape index (κ2) is 6.31. The Labute approximate surface area is 139 Å². The van der Waals surface area contributed by atoms with Crippen molar-refractivity contribution < 1.29 is 9.59 Å². The van der Waals surface area contributed by atoms with E-state index in [0.717, 1.165) is 35.9 Å². The van der Waals surface area contributed by atoms with Crippen molar-refractivity contribution >= 4 is 33.4 Å². The number of aromatic nitrogens is 2. The Balaban J connectivity index is 1.64. The van der Waals surface area contributed by atoms with Gasteiger partial charge in [0.1, 0.15) is 0 Å². The number of hydrogen-bond donors (Lipinski definition) is 1. The van der Waals surface area contributed by atoms with Crippen molar-refractivity contribution in [1.29, 1.82) is 0 Å². The van der Waals surface area contributed by atoms with Crippen LogP contribution in [0.4, 0.5) is 0 Å². The molecule has 0 aromatic carbocycles. The minimum absolute atomic E-state index is 0.0145. The third-order valence-electron chi connectivity index (χ3n) is 4.32. The summed E-state index contributed by atoms with van der Waals surface area (Å²) >= 11 is 1.41. The van der Waals surface area contributed by atoms with Crippen LogP contribution < -0.4 is 5.32 Å². The first-order valence-electron chi connectivity index (χ1n) is 7.88. The van der Waals surface area contributed by atoms with Crippen LogP contribution in [0.15, 0.2) is 12.4 Å². The van der Waals surface area contributed by atoms with Gasteiger partial charge < -0.3 is 14.8 Å². The van der Waals surface area contributed by atoms with Crippen LogP contribution in [0.2, 0.25) is 0 Å². The van der Waals surface area contributed by atoms with Crippen molar-refractivity contribution in [2.75, 3.05) is 14.1 Å². The molecule has 1 fully saturated rings. The highest BCUT2D eigenvalue weighted by Crippen LogP contribution is 2.27. The topological polar surface area (TPSA) is 67.2 Å². The lowest BCUT2D eigenvalue weighted by Crippen LogP contribution is -2.42. The van der Waals surface area contributed by atoms with Gasteiger partial charge in [0, 0.05) is 45.5 Å². The smallest absolute Gasteiger partial charge is 0.280 e. The molecular formula is C16H22N4O2S. The van der Waals surface area contributed by atoms with Crippen molar-refractivity contribution in [2.45, 2.75) is 31.7 Å². The first-order chi connectivity index (χ1) is 10.9. The average Bonchev–Trinajstić information content (AvgIpc) is 3.03. The van der Waals surface area contributed by atoms with Crippen LogP contribution in [-0.4, -0.2) is 46.4 Å². The van der Waals surface area contributed by atoms with Gasteiger partial charge in [-0.05, 0) is 19.3 Å². The minimum Gasteiger partial charge on any atom is -0.354 e. The van der Waals surface area contributed by atoms with E-state index in [4.69, 9.17) is 0 Å². The molecule has 2 atom stereocenters. The summed E-state index contributed by atoms with van der Waals surface area (Å²) in [5, 5.41) is 3.55. The molecule has 1 aliphatic rings. The molecular weight excluding hydrogens is 312 g/mol. The number of hydrogen-bond acceptors (Lipinski definition) is 4. The molecule has 2 aromatic heterocycles. The van der Waals surface area contributed by atoms with E-state index >= 15 is 0 Å². The Morgan fingerprint density at radius 3 is 2.83 bits per heavy atom. The van der Waals surface area contributed by atoms with Crippen molar-refractivity contribution in [2.24, 2.45) is 13.0 Å². The first kappa shape index (κ1) is 16.0. The maximum atomic E-state index is 12.4. The molecule has 2 heterocycles. The van der Waals surface area contributed by atoms with Gasteiger partial charge in [0.25, 0.3) is 5.91 Å². The Bertz CT molecular complexity index is 702. The van der Waals surface area contributed by atoms with Crippen LogP contribution in [0.3, 0.4) is 0 Å². The van der Waals surface area contributed by atoms with Crippen molar-refractivity contribution in [1.82, 2.24) is 19.8 Å². The van der Waals surface area contributed by atoms with Gasteiger partial charge in [-0.3, -0.25) is 9.59 Å². The molecule has 2 unspecified atom stereocenters. The van der Waals surface area contributed by atoms with E-state index < -0.39 is 0 Å². The molecule has 2 aromatic rings. The van der Waals surface area contributed by atoms with E-state index in [-0.39, 0.29) is 23.8 Å². The number of thiazole rings is 1. The predicted octanol–water partition coefficient (Wildman–Crippen LogP) is 2.01. The van der Waals surface area contributed by atoms with Crippen LogP contribution in [0, 0.1) is 5.92 Å². The molecule has 1 aliphatic carbocycles. The maximum absolute atomic E-state index is 12.4. The largest absolute Gasteiger partial charge is 0.354 e. The van der Waals surface area contributed by atoms with Gasteiger partial charge in [-0.15, -0.1) is 11.3 Å². The number of carbonyl (C=O) groups excluding carboxylic acids is 2. The number of nitrogens with zero attached hydrogens (tertiary/aromatic N) is 3. The summed E-state index contributed by atoms with van der Waals surface area (Å²) in [4.78, 5) is 30.6. The third-order valence-corrected chi connectivity index (χ3v) is 5.33. The van der Waals surface area contributed by atoms with E-state index in [9.17, 15) is 9.59 Å². The van der Waals surface area contributed by atoms with Gasteiger partial charge in [-0.1, -0.05) is 6.42 Å². The Morgan fingerprint density at radius 2 is 2.13 bits per heavy atom. The molecule has 3 rings (SSSR count). The fourth-order valence-electron chi connectivity index (χ4n) is 3.20. The first-order valence-corrected chi connectivity index (χ1v) is 8.70. The standard InChI is InChI=1S/C16H22N4O2S/c1-19(2)16(22)10-5-4-6-11(7-10)17-14(21)15-18-12-8-20(3)9-13(12)23-15/h8-11H,4-7H2,1-3H3,(H,17,21). The second-order valence-electron chi connectivity index (χ2n) is 6.46. The molecule has 6 nitrogen and oxygen atoms in total. The molecule has 7 heteroatoms. The Hall–Kier alpha value is -1.89. The lowest BCUT2D eigenvalue weighted by Gasteiger charge is -2.30. The van der Waals surface area contributed by atoms with E-state index in [2.05, 4.69) is 10.3 Å². The Morgan fingerprint density at radius 1 is 1.35 bits per heavy atom. The Kier molecular flexibility index (Phi) is 4.39. The van der Waals surface area contributed by atoms with Crippen molar-refractivity contribution in [3.63, 3.8) is 0 Å². The normalized spacial score (nSPS) is 21.3. The summed E-state index contributed by atoms with van der Waals surface area (Å²) in [5.41, 5.74) is 0.854. The number of nitrogens with one attached hydrogen (secondary N) is 1. The van der Waals surface area contributed by atoms with Gasteiger partial charge in [0.15, 0.2) is 5.01 Å². The van der Waals surface area contributed by atoms with Crippen LogP contribution in [0.1, 0.15) is 35.5 Å². The quantitative estimate of drug-likeness (QED) is 0.934. The van der Waals surface area contributed by atoms with E-state index in [1.165, 1.54) is 11.3 Å². The van der Waals surface area contributed by atoms with Gasteiger partial charge in [0.05, 0.1) is 10.2 Å². The van der Waals surface area contributed by atoms with Crippen LogP contribution in [-0.2, 0) is 11.8 Å². The highest BCUT2D eigenvalue weighted by Gasteiger charge is 2.29. The van der Waals surface area contributed by atoms with Crippen LogP contribution in [0.25, 0.3) is 10.2 Å². The van der Waals surface area contributed by atoms with Crippen molar-refractivity contribution in [3.8, 4) is 0 Å². The summed E-state index contributed by atoms with van der Waals surface area (Å²) in [6, 6.07) is 0.0551. The zero-order valence-electron chi connectivity index (χ0n) is 13.7. The van der Waals surface area contributed by atoms with E-state index in [1.54, 1.807) is 19.0 Å². The average molecular weight is 334 g/mol. The third kappa shape index (κ3) is 3.39. The summed E-state index contributed by atoms with van der Waals surface area (Å²) in [6.45, 7) is 0. The molecule has 0 radical (unpaired) electrons. The maximum Gasteiger partial charge on any atom is 0.280 e. The zero-order valence-corrected chi connectivity index (χ0v) is 14.5. The summed E-state index contributed by atoms with van der Waals surface area (Å²) in [5.74, 6) is 0.0434. The molecule has 0 aliphatic heterocycles. The highest BCUT2D eigenvalue weighted by molar-refractivity contribution is 7.20. The molecule has 124 valence electrons. The lowest BCUT2D eigenvalue weighted by molar-refractivity contribution is -0.134. The SMILES string of the molecule is CN(C)C(=O)C1CCCC(NC(=O)c2nc3cn(C)cc3s2)C1. The summed E-state index contributed by atoms with van der Waals surface area (Å²) in [6.07, 6.45) is 7.40. The molecule has 0 bridgehead atoms. The zero-order chi connectivity index (χ0) is 16.6. The molecule has 0 spiro atoms. The fourth-order valence-corrected chi connectivity index (χ4v) is 4.12. The fraction of sp³-hybridized carbons (Fsp3) is 0.562. The summed E-state index contributed by atoms with van der Waals surface area (Å²) in [7, 11) is 5.51. The molecule has 23 heavy (non-hydrogen) atoms. The summed E-state index contributed by atoms with van der Waals surface area (Å²) < 4.78 is 2.95. The number of amides is 2. The number of carbonyl (C=O) groups is 2. The van der Waals surface area contributed by atoms with Crippen LogP contribution >= 0.6 is 11.3 Å². The number of aryl methyl sites for hydroxylation is 1. The lowest BCUT2D eigenvalue weighted by atomic mass is 9.85. The van der Waals surface area contributed by atoms with Gasteiger partial charge in [-0.2, -0.15) is 0 Å². The van der Waals surface area contributed by atoms with Gasteiger partial charge in [-0.25, -0.2) is 4.98 Å². The monoisotopic (exact) mass is 334 g/mol. The van der Waals surface area contributed by atoms with Crippen LogP contribution in [0.5, 0.6) is 0 Å². The van der Waals surface area contributed by atoms with Crippen molar-refractivity contribution in [3.05, 3.63) is 17.4 Å². The van der Waals surface area contributed by atoms with Gasteiger partial charge >= 0.3 is 0 Å².